The second kappa shape index (κ2) is 13.2. The molecule has 0 rings (SSSR count). The normalized spacial score (nSPS) is 13.6. The summed E-state index contributed by atoms with van der Waals surface area (Å²) in [7, 11) is 2.77. The van der Waals surface area contributed by atoms with Crippen LogP contribution in [0.4, 0.5) is 0 Å². The first-order chi connectivity index (χ1) is 4.54. The Morgan fingerprint density at radius 1 is 0.909 bits per heavy atom. The molecule has 0 saturated heterocycles. The molecular weight excluding hydrogens is 160 g/mol. The van der Waals surface area contributed by atoms with Gasteiger partial charge in [0.25, 0.3) is 0 Å². The molecule has 0 spiro atoms. The zero-order chi connectivity index (χ0) is 8.57. The molecular formula is C6H14MgO4. The minimum Gasteiger partial charge on any atom is -0.831 e. The molecule has 0 aromatic heterocycles. The van der Waals surface area contributed by atoms with E-state index < -0.39 is 12.6 Å². The Hall–Kier alpha value is 0.606. The van der Waals surface area contributed by atoms with Gasteiger partial charge in [0.1, 0.15) is 0 Å². The molecule has 0 saturated carbocycles. The van der Waals surface area contributed by atoms with Crippen molar-refractivity contribution < 1.29 is 19.7 Å². The average molecular weight is 174 g/mol. The predicted octanol–water partition coefficient (Wildman–Crippen LogP) is -1.70. The van der Waals surface area contributed by atoms with Crippen LogP contribution in [-0.2, 0) is 9.47 Å². The first kappa shape index (κ1) is 17.6. The molecule has 2 atom stereocenters. The maximum absolute atomic E-state index is 9.67. The third-order valence-electron chi connectivity index (χ3n) is 0.664. The van der Waals surface area contributed by atoms with Gasteiger partial charge < -0.3 is 19.7 Å². The number of ether oxygens (including phenoxy) is 2. The summed E-state index contributed by atoms with van der Waals surface area (Å²) in [4.78, 5) is 0. The monoisotopic (exact) mass is 174 g/mol. The van der Waals surface area contributed by atoms with Crippen molar-refractivity contribution in [3.8, 4) is 0 Å². The molecule has 11 heavy (non-hydrogen) atoms. The van der Waals surface area contributed by atoms with Crippen LogP contribution in [0.3, 0.4) is 0 Å². The molecule has 0 N–H and O–H groups in total. The average Bonchev–Trinajstić information content (AvgIpc) is 1.89. The molecule has 64 valence electrons. The second-order valence-electron chi connectivity index (χ2n) is 1.61. The smallest absolute Gasteiger partial charge is 0.831 e. The molecule has 0 aliphatic heterocycles. The molecule has 0 heterocycles. The number of rotatable bonds is 2. The molecule has 2 unspecified atom stereocenters. The fraction of sp³-hybridized carbons (Fsp3) is 1.00. The van der Waals surface area contributed by atoms with Gasteiger partial charge in [-0.05, 0) is 12.6 Å². The standard InChI is InChI=1S/2C3H7O2.Mg/c2*1-3(4)5-2;/h2*3H,1-2H3;/q2*-1;+2. The molecule has 0 fully saturated rings. The minimum absolute atomic E-state index is 0. The van der Waals surface area contributed by atoms with E-state index in [1.165, 1.54) is 28.1 Å². The van der Waals surface area contributed by atoms with Crippen LogP contribution in [-0.4, -0.2) is 49.9 Å². The zero-order valence-electron chi connectivity index (χ0n) is 7.49. The van der Waals surface area contributed by atoms with Gasteiger partial charge in [0.05, 0.1) is 0 Å². The molecule has 0 radical (unpaired) electrons. The summed E-state index contributed by atoms with van der Waals surface area (Å²) in [5.74, 6) is 0. The van der Waals surface area contributed by atoms with E-state index in [0.717, 1.165) is 0 Å². The second-order valence-corrected chi connectivity index (χ2v) is 1.61. The summed E-state index contributed by atoms with van der Waals surface area (Å²) in [5, 5.41) is 19.3. The first-order valence-corrected chi connectivity index (χ1v) is 2.91. The van der Waals surface area contributed by atoms with Gasteiger partial charge in [-0.2, -0.15) is 0 Å². The largest absolute Gasteiger partial charge is 2.00 e. The molecule has 0 aromatic rings. The van der Waals surface area contributed by atoms with Crippen molar-refractivity contribution in [1.29, 1.82) is 0 Å². The Bertz CT molecular complexity index is 50.5. The van der Waals surface area contributed by atoms with Crippen molar-refractivity contribution in [2.45, 2.75) is 26.4 Å². The fourth-order valence-corrected chi connectivity index (χ4v) is 0. The van der Waals surface area contributed by atoms with Crippen molar-refractivity contribution in [3.63, 3.8) is 0 Å². The van der Waals surface area contributed by atoms with Crippen molar-refractivity contribution in [1.82, 2.24) is 0 Å². The van der Waals surface area contributed by atoms with Crippen LogP contribution in [0.15, 0.2) is 0 Å². The zero-order valence-corrected chi connectivity index (χ0v) is 8.91. The van der Waals surface area contributed by atoms with Gasteiger partial charge in [-0.25, -0.2) is 0 Å². The Kier molecular flexibility index (Phi) is 21.2. The van der Waals surface area contributed by atoms with Crippen LogP contribution in [0, 0.1) is 0 Å². The minimum atomic E-state index is -0.866. The van der Waals surface area contributed by atoms with Crippen molar-refractivity contribution in [3.05, 3.63) is 0 Å². The predicted molar refractivity (Wildman–Crippen MR) is 38.7 cm³/mol. The van der Waals surface area contributed by atoms with Gasteiger partial charge in [-0.15, -0.1) is 0 Å². The van der Waals surface area contributed by atoms with Gasteiger partial charge >= 0.3 is 23.1 Å². The molecule has 0 aliphatic carbocycles. The molecule has 4 nitrogen and oxygen atoms in total. The van der Waals surface area contributed by atoms with Gasteiger partial charge in [-0.3, -0.25) is 0 Å². The van der Waals surface area contributed by atoms with Crippen LogP contribution in [0.1, 0.15) is 13.8 Å². The summed E-state index contributed by atoms with van der Waals surface area (Å²) in [6, 6.07) is 0. The molecule has 0 aromatic carbocycles. The van der Waals surface area contributed by atoms with E-state index in [1.807, 2.05) is 0 Å². The van der Waals surface area contributed by atoms with Gasteiger partial charge in [0.2, 0.25) is 0 Å². The number of hydrogen-bond acceptors (Lipinski definition) is 4. The van der Waals surface area contributed by atoms with Crippen molar-refractivity contribution in [2.24, 2.45) is 0 Å². The summed E-state index contributed by atoms with van der Waals surface area (Å²) >= 11 is 0. The van der Waals surface area contributed by atoms with Crippen LogP contribution < -0.4 is 10.2 Å². The van der Waals surface area contributed by atoms with Crippen LogP contribution >= 0.6 is 0 Å². The van der Waals surface area contributed by atoms with E-state index in [-0.39, 0.29) is 23.1 Å². The summed E-state index contributed by atoms with van der Waals surface area (Å²) in [6.07, 6.45) is -1.73. The van der Waals surface area contributed by atoms with Crippen LogP contribution in [0.25, 0.3) is 0 Å². The van der Waals surface area contributed by atoms with Gasteiger partial charge in [0, 0.05) is 14.2 Å². The van der Waals surface area contributed by atoms with Crippen LogP contribution in [0.5, 0.6) is 0 Å². The topological polar surface area (TPSA) is 64.6 Å². The SMILES string of the molecule is COC(C)[O-].COC(C)[O-].[Mg+2]. The maximum atomic E-state index is 9.67. The summed E-state index contributed by atoms with van der Waals surface area (Å²) in [6.45, 7) is 2.89. The van der Waals surface area contributed by atoms with E-state index in [4.69, 9.17) is 0 Å². The van der Waals surface area contributed by atoms with Gasteiger partial charge in [0.15, 0.2) is 0 Å². The summed E-state index contributed by atoms with van der Waals surface area (Å²) < 4.78 is 8.39. The van der Waals surface area contributed by atoms with Crippen LogP contribution in [0.2, 0.25) is 0 Å². The Morgan fingerprint density at radius 3 is 1.00 bits per heavy atom. The Labute approximate surface area is 83.7 Å². The van der Waals surface area contributed by atoms with Crippen molar-refractivity contribution >= 4 is 23.1 Å². The molecule has 0 aliphatic rings. The maximum Gasteiger partial charge on any atom is 2.00 e. The van der Waals surface area contributed by atoms with E-state index in [9.17, 15) is 10.2 Å². The van der Waals surface area contributed by atoms with E-state index in [2.05, 4.69) is 9.47 Å². The van der Waals surface area contributed by atoms with E-state index >= 15 is 0 Å². The molecule has 0 bridgehead atoms. The fourth-order valence-electron chi connectivity index (χ4n) is 0. The van der Waals surface area contributed by atoms with E-state index in [1.54, 1.807) is 0 Å². The quantitative estimate of drug-likeness (QED) is 0.370. The van der Waals surface area contributed by atoms with Crippen molar-refractivity contribution in [2.75, 3.05) is 14.2 Å². The van der Waals surface area contributed by atoms with Gasteiger partial charge in [-0.1, -0.05) is 13.8 Å². The first-order valence-electron chi connectivity index (χ1n) is 2.91. The van der Waals surface area contributed by atoms with E-state index in [0.29, 0.717) is 0 Å². The molecule has 0 amide bonds. The summed E-state index contributed by atoms with van der Waals surface area (Å²) in [5.41, 5.74) is 0. The number of methoxy groups -OCH3 is 2. The Morgan fingerprint density at radius 2 is 1.00 bits per heavy atom. The molecule has 5 heteroatoms. The Balaban J connectivity index is -0.000000107. The third-order valence-corrected chi connectivity index (χ3v) is 0.664. The number of hydrogen-bond donors (Lipinski definition) is 0. The third kappa shape index (κ3) is 37.0.